The molecule has 0 aliphatic carbocycles. The van der Waals surface area contributed by atoms with Crippen molar-refractivity contribution in [1.29, 1.82) is 0 Å². The molecule has 1 fully saturated rings. The van der Waals surface area contributed by atoms with E-state index in [9.17, 15) is 14.7 Å². The van der Waals surface area contributed by atoms with Gasteiger partial charge in [-0.25, -0.2) is 4.98 Å². The van der Waals surface area contributed by atoms with Gasteiger partial charge in [0, 0.05) is 10.4 Å². The number of carbonyl (C=O) groups excluding carboxylic acids is 2. The molecule has 5 rings (SSSR count). The average Bonchev–Trinajstić information content (AvgIpc) is 3.60. The monoisotopic (exact) mass is 506 g/mol. The molecular weight excluding hydrogens is 484 g/mol. The zero-order chi connectivity index (χ0) is 24.5. The van der Waals surface area contributed by atoms with E-state index < -0.39 is 17.7 Å². The standard InChI is InChI=1S/C26H22N2O5S2/c1-3-11-33-17-7-4-6-15(13-17)23(29)21-22(19-8-5-12-34-19)28(25(31)24(21)30)26-27-18-10-9-16(32-2)14-20(18)35-26/h4-10,12-14,22,29H,3,11H2,1-2H3. The predicted molar refractivity (Wildman–Crippen MR) is 138 cm³/mol. The first-order valence-corrected chi connectivity index (χ1v) is 12.7. The van der Waals surface area contributed by atoms with E-state index in [-0.39, 0.29) is 11.3 Å². The Balaban J connectivity index is 1.64. The van der Waals surface area contributed by atoms with Crippen molar-refractivity contribution in [3.63, 3.8) is 0 Å². The van der Waals surface area contributed by atoms with E-state index in [0.717, 1.165) is 16.0 Å². The third-order valence-corrected chi connectivity index (χ3v) is 7.57. The van der Waals surface area contributed by atoms with E-state index >= 15 is 0 Å². The number of aromatic nitrogens is 1. The highest BCUT2D eigenvalue weighted by Crippen LogP contribution is 2.45. The summed E-state index contributed by atoms with van der Waals surface area (Å²) in [7, 11) is 1.58. The van der Waals surface area contributed by atoms with E-state index in [1.54, 1.807) is 37.4 Å². The second-order valence-electron chi connectivity index (χ2n) is 7.89. The van der Waals surface area contributed by atoms with Crippen LogP contribution in [-0.4, -0.2) is 35.5 Å². The molecule has 178 valence electrons. The summed E-state index contributed by atoms with van der Waals surface area (Å²) in [5.74, 6) is -0.464. The molecule has 2 aromatic heterocycles. The molecule has 1 N–H and O–H groups in total. The second-order valence-corrected chi connectivity index (χ2v) is 9.88. The van der Waals surface area contributed by atoms with E-state index in [4.69, 9.17) is 9.47 Å². The molecule has 0 spiro atoms. The van der Waals surface area contributed by atoms with Crippen LogP contribution in [0.25, 0.3) is 16.0 Å². The number of benzene rings is 2. The van der Waals surface area contributed by atoms with Crippen molar-refractivity contribution in [1.82, 2.24) is 4.98 Å². The minimum Gasteiger partial charge on any atom is -0.507 e. The number of nitrogens with zero attached hydrogens (tertiary/aromatic N) is 2. The molecule has 1 aliphatic heterocycles. The van der Waals surface area contributed by atoms with Crippen molar-refractivity contribution in [2.75, 3.05) is 18.6 Å². The SMILES string of the molecule is CCCOc1cccc(C(O)=C2C(=O)C(=O)N(c3nc4ccc(OC)cc4s3)C2c2cccs2)c1. The summed E-state index contributed by atoms with van der Waals surface area (Å²) in [6, 6.07) is 15.3. The number of aliphatic hydroxyl groups excluding tert-OH is 1. The number of rotatable bonds is 7. The highest BCUT2D eigenvalue weighted by Gasteiger charge is 2.48. The maximum absolute atomic E-state index is 13.3. The molecule has 3 heterocycles. The number of hydrogen-bond acceptors (Lipinski definition) is 8. The Kier molecular flexibility index (Phi) is 6.27. The summed E-state index contributed by atoms with van der Waals surface area (Å²) in [4.78, 5) is 33.4. The molecule has 1 amide bonds. The fourth-order valence-electron chi connectivity index (χ4n) is 3.98. The number of methoxy groups -OCH3 is 1. The van der Waals surface area contributed by atoms with Crippen LogP contribution in [0.3, 0.4) is 0 Å². The number of carbonyl (C=O) groups is 2. The van der Waals surface area contributed by atoms with E-state index in [1.165, 1.54) is 27.6 Å². The Morgan fingerprint density at radius 1 is 1.11 bits per heavy atom. The van der Waals surface area contributed by atoms with Crippen molar-refractivity contribution in [2.24, 2.45) is 0 Å². The summed E-state index contributed by atoms with van der Waals surface area (Å²) in [5.41, 5.74) is 1.13. The first kappa shape index (κ1) is 23.1. The molecule has 1 aliphatic rings. The third-order valence-electron chi connectivity index (χ3n) is 5.63. The van der Waals surface area contributed by atoms with Crippen molar-refractivity contribution in [3.05, 3.63) is 76.0 Å². The van der Waals surface area contributed by atoms with Crippen molar-refractivity contribution < 1.29 is 24.2 Å². The molecule has 7 nitrogen and oxygen atoms in total. The number of Topliss-reactive ketones (excluding diaryl/α,β-unsaturated/α-hetero) is 1. The molecular formula is C26H22N2O5S2. The molecule has 9 heteroatoms. The first-order valence-electron chi connectivity index (χ1n) is 11.0. The predicted octanol–water partition coefficient (Wildman–Crippen LogP) is 5.78. The number of amides is 1. The average molecular weight is 507 g/mol. The third kappa shape index (κ3) is 4.17. The lowest BCUT2D eigenvalue weighted by molar-refractivity contribution is -0.132. The molecule has 1 atom stereocenters. The van der Waals surface area contributed by atoms with Crippen molar-refractivity contribution >= 4 is 55.5 Å². The second kappa shape index (κ2) is 9.52. The number of ketones is 1. The molecule has 0 saturated carbocycles. The summed E-state index contributed by atoms with van der Waals surface area (Å²) in [5, 5.41) is 13.6. The fraction of sp³-hybridized carbons (Fsp3) is 0.192. The van der Waals surface area contributed by atoms with Gasteiger partial charge in [-0.3, -0.25) is 14.5 Å². The van der Waals surface area contributed by atoms with Crippen LogP contribution in [0.15, 0.2) is 65.6 Å². The van der Waals surface area contributed by atoms with Crippen LogP contribution in [0.4, 0.5) is 5.13 Å². The Morgan fingerprint density at radius 2 is 1.97 bits per heavy atom. The molecule has 0 radical (unpaired) electrons. The summed E-state index contributed by atoms with van der Waals surface area (Å²) in [6.45, 7) is 2.54. The Labute approximate surface area is 209 Å². The first-order chi connectivity index (χ1) is 17.0. The Hall–Kier alpha value is -3.69. The van der Waals surface area contributed by atoms with Gasteiger partial charge in [0.2, 0.25) is 0 Å². The molecule has 1 saturated heterocycles. The zero-order valence-electron chi connectivity index (χ0n) is 19.1. The van der Waals surface area contributed by atoms with E-state index in [0.29, 0.717) is 34.3 Å². The fourth-order valence-corrected chi connectivity index (χ4v) is 5.82. The van der Waals surface area contributed by atoms with Crippen LogP contribution in [-0.2, 0) is 9.59 Å². The maximum Gasteiger partial charge on any atom is 0.301 e. The van der Waals surface area contributed by atoms with Crippen molar-refractivity contribution in [3.8, 4) is 11.5 Å². The number of thiophene rings is 1. The van der Waals surface area contributed by atoms with Gasteiger partial charge in [0.15, 0.2) is 5.13 Å². The van der Waals surface area contributed by atoms with Gasteiger partial charge in [-0.05, 0) is 48.2 Å². The summed E-state index contributed by atoms with van der Waals surface area (Å²) >= 11 is 2.70. The number of aliphatic hydroxyl groups is 1. The molecule has 4 aromatic rings. The van der Waals surface area contributed by atoms with Gasteiger partial charge in [-0.2, -0.15) is 0 Å². The largest absolute Gasteiger partial charge is 0.507 e. The Bertz CT molecular complexity index is 1440. The molecule has 35 heavy (non-hydrogen) atoms. The number of fused-ring (bicyclic) bond motifs is 1. The highest BCUT2D eigenvalue weighted by molar-refractivity contribution is 7.22. The zero-order valence-corrected chi connectivity index (χ0v) is 20.7. The lowest BCUT2D eigenvalue weighted by Gasteiger charge is -2.21. The number of hydrogen-bond donors (Lipinski definition) is 1. The van der Waals surface area contributed by atoms with Crippen LogP contribution < -0.4 is 14.4 Å². The van der Waals surface area contributed by atoms with E-state index in [1.807, 2.05) is 36.6 Å². The lowest BCUT2D eigenvalue weighted by atomic mass is 10.00. The Morgan fingerprint density at radius 3 is 2.71 bits per heavy atom. The van der Waals surface area contributed by atoms with Crippen LogP contribution in [0, 0.1) is 0 Å². The molecule has 1 unspecified atom stereocenters. The highest BCUT2D eigenvalue weighted by atomic mass is 32.1. The van der Waals surface area contributed by atoms with Gasteiger partial charge in [0.1, 0.15) is 23.3 Å². The lowest BCUT2D eigenvalue weighted by Crippen LogP contribution is -2.28. The van der Waals surface area contributed by atoms with Gasteiger partial charge in [0.25, 0.3) is 5.78 Å². The minimum absolute atomic E-state index is 0.0296. The van der Waals surface area contributed by atoms with Crippen LogP contribution in [0.5, 0.6) is 11.5 Å². The minimum atomic E-state index is -0.794. The van der Waals surface area contributed by atoms with Crippen LogP contribution in [0.2, 0.25) is 0 Å². The smallest absolute Gasteiger partial charge is 0.301 e. The summed E-state index contributed by atoms with van der Waals surface area (Å²) in [6.07, 6.45) is 0.841. The van der Waals surface area contributed by atoms with Crippen molar-refractivity contribution in [2.45, 2.75) is 19.4 Å². The topological polar surface area (TPSA) is 89.0 Å². The maximum atomic E-state index is 13.3. The quantitative estimate of drug-likeness (QED) is 0.194. The molecule has 2 aromatic carbocycles. The van der Waals surface area contributed by atoms with E-state index in [2.05, 4.69) is 4.98 Å². The summed E-state index contributed by atoms with van der Waals surface area (Å²) < 4.78 is 11.8. The number of thiazole rings is 1. The van der Waals surface area contributed by atoms with Gasteiger partial charge in [-0.15, -0.1) is 11.3 Å². The van der Waals surface area contributed by atoms with Gasteiger partial charge < -0.3 is 14.6 Å². The number of anilines is 1. The van der Waals surface area contributed by atoms with Gasteiger partial charge in [0.05, 0.1) is 29.5 Å². The van der Waals surface area contributed by atoms with Gasteiger partial charge >= 0.3 is 5.91 Å². The number of ether oxygens (including phenoxy) is 2. The van der Waals surface area contributed by atoms with Gasteiger partial charge in [-0.1, -0.05) is 36.5 Å². The molecule has 0 bridgehead atoms. The normalized spacial score (nSPS) is 17.3. The van der Waals surface area contributed by atoms with Crippen LogP contribution >= 0.6 is 22.7 Å². The van der Waals surface area contributed by atoms with Crippen LogP contribution in [0.1, 0.15) is 29.8 Å².